The predicted octanol–water partition coefficient (Wildman–Crippen LogP) is 21.8. The van der Waals surface area contributed by atoms with E-state index in [1.165, 1.54) is 88.6 Å². The first-order chi connectivity index (χ1) is 41.2. The summed E-state index contributed by atoms with van der Waals surface area (Å²) in [6.45, 7) is 8.74. The van der Waals surface area contributed by atoms with Crippen molar-refractivity contribution in [2.75, 3.05) is 14.2 Å². The van der Waals surface area contributed by atoms with Crippen LogP contribution in [-0.4, -0.2) is 14.2 Å². The van der Waals surface area contributed by atoms with Crippen LogP contribution < -0.4 is 9.47 Å². The van der Waals surface area contributed by atoms with E-state index >= 15 is 0 Å². The Morgan fingerprint density at radius 1 is 0.262 bits per heavy atom. The topological polar surface area (TPSA) is 18.5 Å². The largest absolute Gasteiger partial charge is 0.496 e. The molecule has 12 aromatic carbocycles. The zero-order valence-electron chi connectivity index (χ0n) is 48.2. The summed E-state index contributed by atoms with van der Waals surface area (Å²) in [5.41, 5.74) is 14.7. The van der Waals surface area contributed by atoms with Gasteiger partial charge in [-0.3, -0.25) is 0 Å². The molecule has 0 aliphatic heterocycles. The molecule has 0 spiro atoms. The summed E-state index contributed by atoms with van der Waals surface area (Å²) in [6, 6.07) is 105. The van der Waals surface area contributed by atoms with Crippen molar-refractivity contribution >= 4 is 45.3 Å². The second-order valence-electron chi connectivity index (χ2n) is 20.6. The van der Waals surface area contributed by atoms with Crippen LogP contribution in [0.15, 0.2) is 340 Å². The minimum Gasteiger partial charge on any atom is -0.496 e. The van der Waals surface area contributed by atoms with Gasteiger partial charge >= 0.3 is 0 Å². The Morgan fingerprint density at radius 3 is 1.18 bits per heavy atom. The fourth-order valence-electron chi connectivity index (χ4n) is 10.3. The van der Waals surface area contributed by atoms with Crippen LogP contribution in [0.5, 0.6) is 11.5 Å². The monoisotopic (exact) mass is 1160 g/mol. The van der Waals surface area contributed by atoms with Gasteiger partial charge in [0.2, 0.25) is 0 Å². The highest BCUT2D eigenvalue weighted by molar-refractivity contribution is 7.99. The minimum atomic E-state index is -0.285. The van der Waals surface area contributed by atoms with Gasteiger partial charge in [-0.1, -0.05) is 186 Å². The lowest BCUT2D eigenvalue weighted by molar-refractivity contribution is 0.415. The number of hydrogen-bond acceptors (Lipinski definition) is 4. The van der Waals surface area contributed by atoms with Crippen LogP contribution in [-0.2, 0) is 21.8 Å². The lowest BCUT2D eigenvalue weighted by Crippen LogP contribution is -2.07. The number of hydrogen-bond donors (Lipinski definition) is 0. The van der Waals surface area contributed by atoms with Crippen LogP contribution in [0.3, 0.4) is 0 Å². The molecule has 0 amide bonds. The van der Waals surface area contributed by atoms with Gasteiger partial charge < -0.3 is 9.47 Å². The van der Waals surface area contributed by atoms with Crippen molar-refractivity contribution in [3.63, 3.8) is 0 Å². The van der Waals surface area contributed by atoms with E-state index in [2.05, 4.69) is 307 Å². The second kappa shape index (κ2) is 27.4. The molecule has 12 rings (SSSR count). The summed E-state index contributed by atoms with van der Waals surface area (Å²) >= 11 is 3.57. The predicted molar refractivity (Wildman–Crippen MR) is 358 cm³/mol. The summed E-state index contributed by atoms with van der Waals surface area (Å²) in [4.78, 5) is 12.7. The van der Waals surface area contributed by atoms with Gasteiger partial charge in [0.15, 0.2) is 29.4 Å². The van der Waals surface area contributed by atoms with Crippen molar-refractivity contribution < 1.29 is 9.47 Å². The first-order valence-electron chi connectivity index (χ1n) is 28.1. The number of ether oxygens (including phenoxy) is 2. The van der Waals surface area contributed by atoms with Crippen molar-refractivity contribution in [1.29, 1.82) is 0 Å². The molecule has 2 atom stereocenters. The quantitative estimate of drug-likeness (QED) is 0.0897. The Kier molecular flexibility index (Phi) is 18.7. The van der Waals surface area contributed by atoms with Crippen molar-refractivity contribution in [2.45, 2.75) is 76.6 Å². The first-order valence-corrected chi connectivity index (χ1v) is 32.2. The van der Waals surface area contributed by atoms with E-state index < -0.39 is 0 Å². The SMILES string of the molecule is COc1cc(Sc2ccc([S+](c3ccccc3)c3ccc(-c4ccccc4)c(OC)c3)cc2)ccc1-c1ccccc1.Cc1cccc(-c2ccc(Sc3ccc([S+](c4ccc(-c5cccc(C)c5)cc4)c4cccc(C)c4)c(C)c3)cc2)c1. The molecule has 0 saturated heterocycles. The highest BCUT2D eigenvalue weighted by Gasteiger charge is 2.32. The highest BCUT2D eigenvalue weighted by Crippen LogP contribution is 2.42. The molecule has 0 N–H and O–H groups in total. The van der Waals surface area contributed by atoms with Crippen LogP contribution in [0, 0.1) is 27.7 Å². The van der Waals surface area contributed by atoms with Crippen molar-refractivity contribution in [2.24, 2.45) is 0 Å². The van der Waals surface area contributed by atoms with Gasteiger partial charge in [0, 0.05) is 42.3 Å². The molecule has 0 heterocycles. The van der Waals surface area contributed by atoms with Gasteiger partial charge in [-0.25, -0.2) is 0 Å². The molecule has 0 aliphatic rings. The van der Waals surface area contributed by atoms with E-state index in [1.54, 1.807) is 26.0 Å². The Morgan fingerprint density at radius 2 is 0.643 bits per heavy atom. The Hall–Kier alpha value is -8.36. The Labute approximate surface area is 511 Å². The van der Waals surface area contributed by atoms with Gasteiger partial charge in [0.05, 0.1) is 36.0 Å². The van der Waals surface area contributed by atoms with Crippen LogP contribution in [0.1, 0.15) is 22.3 Å². The molecule has 0 bridgehead atoms. The lowest BCUT2D eigenvalue weighted by Gasteiger charge is -2.13. The van der Waals surface area contributed by atoms with Crippen molar-refractivity contribution in [3.8, 4) is 56.0 Å². The van der Waals surface area contributed by atoms with Crippen LogP contribution >= 0.6 is 23.5 Å². The molecule has 84 heavy (non-hydrogen) atoms. The molecule has 0 fully saturated rings. The van der Waals surface area contributed by atoms with Crippen LogP contribution in [0.2, 0.25) is 0 Å². The van der Waals surface area contributed by atoms with E-state index in [0.717, 1.165) is 38.6 Å². The van der Waals surface area contributed by atoms with E-state index in [0.29, 0.717) is 0 Å². The number of methoxy groups -OCH3 is 2. The molecule has 12 aromatic rings. The molecule has 0 aromatic heterocycles. The fraction of sp³-hybridized carbons (Fsp3) is 0.0769. The summed E-state index contributed by atoms with van der Waals surface area (Å²) < 4.78 is 11.7. The first kappa shape index (κ1) is 57.5. The molecule has 412 valence electrons. The summed E-state index contributed by atoms with van der Waals surface area (Å²) in [6.07, 6.45) is 0. The lowest BCUT2D eigenvalue weighted by atomic mass is 10.0. The van der Waals surface area contributed by atoms with E-state index in [9.17, 15) is 0 Å². The van der Waals surface area contributed by atoms with Crippen molar-refractivity contribution in [1.82, 2.24) is 0 Å². The minimum absolute atomic E-state index is 0.196. The summed E-state index contributed by atoms with van der Waals surface area (Å²) in [7, 11) is 3.00. The third-order valence-corrected chi connectivity index (χ3v) is 21.1. The smallest absolute Gasteiger partial charge is 0.170 e. The molecule has 2 nitrogen and oxygen atoms in total. The number of benzene rings is 12. The van der Waals surface area contributed by atoms with Crippen LogP contribution in [0.25, 0.3) is 44.5 Å². The maximum atomic E-state index is 5.89. The number of rotatable bonds is 16. The van der Waals surface area contributed by atoms with Crippen LogP contribution in [0.4, 0.5) is 0 Å². The zero-order valence-corrected chi connectivity index (χ0v) is 51.4. The molecule has 0 aliphatic carbocycles. The number of aryl methyl sites for hydroxylation is 4. The highest BCUT2D eigenvalue weighted by atomic mass is 32.2. The Balaban J connectivity index is 0.000000175. The van der Waals surface area contributed by atoms with Crippen molar-refractivity contribution in [3.05, 3.63) is 313 Å². The molecule has 6 heteroatoms. The molecule has 0 radical (unpaired) electrons. The molecule has 0 saturated carbocycles. The summed E-state index contributed by atoms with van der Waals surface area (Å²) in [5, 5.41) is 0. The van der Waals surface area contributed by atoms with Gasteiger partial charge in [-0.15, -0.1) is 0 Å². The molecular formula is C78H66O2S4+2. The van der Waals surface area contributed by atoms with E-state index in [4.69, 9.17) is 9.47 Å². The molecule has 2 unspecified atom stereocenters. The third kappa shape index (κ3) is 14.0. The standard InChI is InChI=1S/C40H35S2.C38H31O2S2/c1-28-8-5-11-34(24-28)32-14-18-36(19-15-32)41-37-20-23-40(31(4)27-37)42(39-13-7-10-30(3)26-39)38-21-16-33(17-22-38)35-12-6-9-29(2)25-35;1-39-37-26-31(20-24-35(37)28-12-6-3-7-13-28)41-30-18-21-33(22-19-30)42(32-16-10-5-11-17-32)34-23-25-36(38(27-34)40-2)29-14-8-4-9-15-29/h5-27H,1-4H3;3-27H,1-2H3/q2*+1. The van der Waals surface area contributed by atoms with E-state index in [-0.39, 0.29) is 21.8 Å². The van der Waals surface area contributed by atoms with Gasteiger partial charge in [0.1, 0.15) is 11.5 Å². The zero-order chi connectivity index (χ0) is 57.8. The average molecular weight is 1160 g/mol. The van der Waals surface area contributed by atoms with Gasteiger partial charge in [-0.2, -0.15) is 0 Å². The Bertz CT molecular complexity index is 4130. The summed E-state index contributed by atoms with van der Waals surface area (Å²) in [5.74, 6) is 1.76. The van der Waals surface area contributed by atoms with Gasteiger partial charge in [-0.05, 0) is 200 Å². The normalized spacial score (nSPS) is 11.7. The average Bonchev–Trinajstić information content (AvgIpc) is 3.23. The van der Waals surface area contributed by atoms with E-state index in [1.807, 2.05) is 23.9 Å². The van der Waals surface area contributed by atoms with Gasteiger partial charge in [0.25, 0.3) is 0 Å². The third-order valence-electron chi connectivity index (χ3n) is 14.5. The fourth-order valence-corrected chi connectivity index (χ4v) is 16.5. The molecular weight excluding hydrogens is 1100 g/mol. The maximum absolute atomic E-state index is 5.89. The second-order valence-corrected chi connectivity index (χ2v) is 26.9. The maximum Gasteiger partial charge on any atom is 0.170 e.